The van der Waals surface area contributed by atoms with Gasteiger partial charge in [-0.1, -0.05) is 11.8 Å². The van der Waals surface area contributed by atoms with Crippen LogP contribution in [0.15, 0.2) is 0 Å². The SMILES string of the molecule is COCC(CCO)NC(=O)CCN1CCSC1=O. The monoisotopic (exact) mass is 276 g/mol. The first-order valence-electron chi connectivity index (χ1n) is 5.98. The molecule has 1 aliphatic rings. The molecule has 0 aromatic rings. The van der Waals surface area contributed by atoms with Crippen LogP contribution in [0.5, 0.6) is 0 Å². The van der Waals surface area contributed by atoms with Crippen LogP contribution in [0, 0.1) is 0 Å². The normalized spacial score (nSPS) is 17.0. The zero-order valence-corrected chi connectivity index (χ0v) is 11.4. The number of hydrogen-bond donors (Lipinski definition) is 2. The standard InChI is InChI=1S/C11H20N2O4S/c1-17-8-9(3-6-14)12-10(15)2-4-13-5-7-18-11(13)16/h9,14H,2-8H2,1H3,(H,12,15). The zero-order chi connectivity index (χ0) is 13.4. The van der Waals surface area contributed by atoms with Gasteiger partial charge in [0, 0.05) is 39.0 Å². The number of nitrogens with one attached hydrogen (secondary N) is 1. The van der Waals surface area contributed by atoms with Crippen LogP contribution in [-0.2, 0) is 9.53 Å². The quantitative estimate of drug-likeness (QED) is 0.655. The van der Waals surface area contributed by atoms with Crippen molar-refractivity contribution in [2.75, 3.05) is 39.2 Å². The van der Waals surface area contributed by atoms with Crippen molar-refractivity contribution < 1.29 is 19.4 Å². The van der Waals surface area contributed by atoms with E-state index in [4.69, 9.17) is 9.84 Å². The van der Waals surface area contributed by atoms with Crippen molar-refractivity contribution in [3.8, 4) is 0 Å². The molecular weight excluding hydrogens is 256 g/mol. The molecule has 0 aliphatic carbocycles. The number of hydrogen-bond acceptors (Lipinski definition) is 5. The van der Waals surface area contributed by atoms with Crippen molar-refractivity contribution in [3.05, 3.63) is 0 Å². The Morgan fingerprint density at radius 2 is 2.44 bits per heavy atom. The molecule has 2 N–H and O–H groups in total. The second-order valence-corrected chi connectivity index (χ2v) is 5.13. The van der Waals surface area contributed by atoms with Gasteiger partial charge in [-0.2, -0.15) is 0 Å². The lowest BCUT2D eigenvalue weighted by molar-refractivity contribution is -0.122. The second-order valence-electron chi connectivity index (χ2n) is 4.08. The average Bonchev–Trinajstić information content (AvgIpc) is 2.73. The molecule has 104 valence electrons. The van der Waals surface area contributed by atoms with Crippen molar-refractivity contribution in [1.29, 1.82) is 0 Å². The minimum atomic E-state index is -0.170. The van der Waals surface area contributed by atoms with Crippen LogP contribution in [0.4, 0.5) is 4.79 Å². The predicted molar refractivity (Wildman–Crippen MR) is 69.6 cm³/mol. The Hall–Kier alpha value is -0.790. The fourth-order valence-corrected chi connectivity index (χ4v) is 2.57. The van der Waals surface area contributed by atoms with Crippen LogP contribution in [0.3, 0.4) is 0 Å². The molecule has 1 fully saturated rings. The fourth-order valence-electron chi connectivity index (χ4n) is 1.72. The smallest absolute Gasteiger partial charge is 0.281 e. The maximum absolute atomic E-state index is 11.7. The molecular formula is C11H20N2O4S. The molecule has 7 heteroatoms. The highest BCUT2D eigenvalue weighted by Gasteiger charge is 2.21. The first-order chi connectivity index (χ1) is 8.67. The van der Waals surface area contributed by atoms with E-state index in [2.05, 4.69) is 5.32 Å². The van der Waals surface area contributed by atoms with Gasteiger partial charge in [-0.05, 0) is 6.42 Å². The number of ether oxygens (including phenoxy) is 1. The molecule has 6 nitrogen and oxygen atoms in total. The van der Waals surface area contributed by atoms with Gasteiger partial charge in [0.15, 0.2) is 0 Å². The minimum absolute atomic E-state index is 0.00948. The summed E-state index contributed by atoms with van der Waals surface area (Å²) in [6, 6.07) is -0.170. The van der Waals surface area contributed by atoms with E-state index in [0.29, 0.717) is 19.6 Å². The third-order valence-corrected chi connectivity index (χ3v) is 3.56. The Labute approximate surface area is 111 Å². The minimum Gasteiger partial charge on any atom is -0.396 e. The van der Waals surface area contributed by atoms with E-state index in [-0.39, 0.29) is 30.2 Å². The van der Waals surface area contributed by atoms with E-state index < -0.39 is 0 Å². The molecule has 0 spiro atoms. The Morgan fingerprint density at radius 3 is 3.00 bits per heavy atom. The molecule has 2 amide bonds. The highest BCUT2D eigenvalue weighted by Crippen LogP contribution is 2.16. The van der Waals surface area contributed by atoms with Gasteiger partial charge in [0.05, 0.1) is 12.6 Å². The molecule has 1 rings (SSSR count). The van der Waals surface area contributed by atoms with Gasteiger partial charge >= 0.3 is 0 Å². The molecule has 18 heavy (non-hydrogen) atoms. The summed E-state index contributed by atoms with van der Waals surface area (Å²) in [4.78, 5) is 24.7. The summed E-state index contributed by atoms with van der Waals surface area (Å²) in [5.41, 5.74) is 0. The van der Waals surface area contributed by atoms with Crippen LogP contribution in [0.1, 0.15) is 12.8 Å². The van der Waals surface area contributed by atoms with Crippen molar-refractivity contribution >= 4 is 22.9 Å². The Kier molecular flexibility index (Phi) is 7.07. The summed E-state index contributed by atoms with van der Waals surface area (Å²) >= 11 is 1.29. The van der Waals surface area contributed by atoms with Crippen LogP contribution >= 0.6 is 11.8 Å². The lowest BCUT2D eigenvalue weighted by atomic mass is 10.2. The van der Waals surface area contributed by atoms with E-state index in [1.54, 1.807) is 12.0 Å². The number of carbonyl (C=O) groups excluding carboxylic acids is 2. The number of carbonyl (C=O) groups is 2. The number of methoxy groups -OCH3 is 1. The summed E-state index contributed by atoms with van der Waals surface area (Å²) in [7, 11) is 1.55. The molecule has 0 aromatic heterocycles. The molecule has 1 heterocycles. The molecule has 0 saturated carbocycles. The van der Waals surface area contributed by atoms with E-state index in [9.17, 15) is 9.59 Å². The summed E-state index contributed by atoms with van der Waals surface area (Å²) in [5, 5.41) is 11.7. The topological polar surface area (TPSA) is 78.9 Å². The largest absolute Gasteiger partial charge is 0.396 e. The van der Waals surface area contributed by atoms with Crippen molar-refractivity contribution in [2.24, 2.45) is 0 Å². The molecule has 1 aliphatic heterocycles. The molecule has 0 bridgehead atoms. The van der Waals surface area contributed by atoms with Crippen molar-refractivity contribution in [2.45, 2.75) is 18.9 Å². The van der Waals surface area contributed by atoms with E-state index in [1.807, 2.05) is 0 Å². The third-order valence-electron chi connectivity index (χ3n) is 2.66. The highest BCUT2D eigenvalue weighted by atomic mass is 32.2. The second kappa shape index (κ2) is 8.34. The molecule has 1 unspecified atom stereocenters. The van der Waals surface area contributed by atoms with Crippen LogP contribution < -0.4 is 5.32 Å². The number of aliphatic hydroxyl groups is 1. The predicted octanol–water partition coefficient (Wildman–Crippen LogP) is 0.0589. The number of aliphatic hydroxyl groups excluding tert-OH is 1. The number of amides is 2. The lowest BCUT2D eigenvalue weighted by Gasteiger charge is -2.18. The Balaban J connectivity index is 2.24. The van der Waals surface area contributed by atoms with Crippen molar-refractivity contribution in [1.82, 2.24) is 10.2 Å². The average molecular weight is 276 g/mol. The van der Waals surface area contributed by atoms with Crippen LogP contribution in [0.2, 0.25) is 0 Å². The summed E-state index contributed by atoms with van der Waals surface area (Å²) in [5.74, 6) is 0.687. The van der Waals surface area contributed by atoms with Crippen LogP contribution in [-0.4, -0.2) is 66.4 Å². The van der Waals surface area contributed by atoms with Gasteiger partial charge in [0.1, 0.15) is 0 Å². The lowest BCUT2D eigenvalue weighted by Crippen LogP contribution is -2.40. The number of thioether (sulfide) groups is 1. The molecule has 1 saturated heterocycles. The van der Waals surface area contributed by atoms with Gasteiger partial charge in [0.2, 0.25) is 5.91 Å². The maximum Gasteiger partial charge on any atom is 0.281 e. The highest BCUT2D eigenvalue weighted by molar-refractivity contribution is 8.13. The summed E-state index contributed by atoms with van der Waals surface area (Å²) < 4.78 is 4.96. The van der Waals surface area contributed by atoms with E-state index >= 15 is 0 Å². The van der Waals surface area contributed by atoms with E-state index in [0.717, 1.165) is 12.3 Å². The first-order valence-corrected chi connectivity index (χ1v) is 6.96. The Bertz CT molecular complexity index is 282. The van der Waals surface area contributed by atoms with Crippen molar-refractivity contribution in [3.63, 3.8) is 0 Å². The molecule has 0 aromatic carbocycles. The Morgan fingerprint density at radius 1 is 1.67 bits per heavy atom. The summed E-state index contributed by atoms with van der Waals surface area (Å²) in [6.45, 7) is 1.56. The van der Waals surface area contributed by atoms with Gasteiger partial charge < -0.3 is 20.1 Å². The number of nitrogens with zero attached hydrogens (tertiary/aromatic N) is 1. The van der Waals surface area contributed by atoms with Crippen LogP contribution in [0.25, 0.3) is 0 Å². The van der Waals surface area contributed by atoms with Gasteiger partial charge in [-0.15, -0.1) is 0 Å². The van der Waals surface area contributed by atoms with Gasteiger partial charge in [-0.3, -0.25) is 9.59 Å². The zero-order valence-electron chi connectivity index (χ0n) is 10.6. The van der Waals surface area contributed by atoms with Gasteiger partial charge in [-0.25, -0.2) is 0 Å². The first kappa shape index (κ1) is 15.3. The molecule has 1 atom stereocenters. The van der Waals surface area contributed by atoms with Gasteiger partial charge in [0.25, 0.3) is 5.24 Å². The van der Waals surface area contributed by atoms with E-state index in [1.165, 1.54) is 11.8 Å². The summed E-state index contributed by atoms with van der Waals surface area (Å²) in [6.07, 6.45) is 0.760. The molecule has 0 radical (unpaired) electrons. The fraction of sp³-hybridized carbons (Fsp3) is 0.818. The maximum atomic E-state index is 11.7. The number of rotatable bonds is 8. The third kappa shape index (κ3) is 5.24.